The van der Waals surface area contributed by atoms with Gasteiger partial charge in [-0.25, -0.2) is 4.90 Å². The van der Waals surface area contributed by atoms with Crippen molar-refractivity contribution in [3.63, 3.8) is 0 Å². The second-order valence-electron chi connectivity index (χ2n) is 6.91. The maximum absolute atomic E-state index is 12.7. The van der Waals surface area contributed by atoms with Crippen LogP contribution in [-0.4, -0.2) is 29.4 Å². The van der Waals surface area contributed by atoms with E-state index in [9.17, 15) is 14.4 Å². The van der Waals surface area contributed by atoms with E-state index in [1.54, 1.807) is 72.8 Å². The fourth-order valence-electron chi connectivity index (χ4n) is 3.35. The predicted molar refractivity (Wildman–Crippen MR) is 125 cm³/mol. The molecule has 0 aliphatic carbocycles. The number of carbonyl (C=O) groups excluding carboxylic acids is 3. The molecule has 0 unspecified atom stereocenters. The number of imide groups is 1. The molecule has 0 bridgehead atoms. The topological polar surface area (TPSA) is 87.7 Å². The number of benzene rings is 3. The van der Waals surface area contributed by atoms with Gasteiger partial charge in [0, 0.05) is 11.3 Å². The molecule has 32 heavy (non-hydrogen) atoms. The van der Waals surface area contributed by atoms with Gasteiger partial charge in [0.05, 0.1) is 23.4 Å². The summed E-state index contributed by atoms with van der Waals surface area (Å²) in [5, 5.41) is 5.61. The van der Waals surface area contributed by atoms with E-state index < -0.39 is 0 Å². The molecule has 0 saturated heterocycles. The van der Waals surface area contributed by atoms with Crippen molar-refractivity contribution in [3.8, 4) is 5.75 Å². The van der Waals surface area contributed by atoms with Gasteiger partial charge in [-0.2, -0.15) is 0 Å². The highest BCUT2D eigenvalue weighted by Crippen LogP contribution is 2.29. The van der Waals surface area contributed by atoms with E-state index in [0.29, 0.717) is 40.4 Å². The van der Waals surface area contributed by atoms with Gasteiger partial charge in [0.1, 0.15) is 5.75 Å². The lowest BCUT2D eigenvalue weighted by Gasteiger charge is -2.16. The van der Waals surface area contributed by atoms with Crippen molar-refractivity contribution in [2.24, 2.45) is 0 Å². The number of nitrogens with zero attached hydrogens (tertiary/aromatic N) is 1. The monoisotopic (exact) mass is 445 g/mol. The lowest BCUT2D eigenvalue weighted by atomic mass is 10.1. The summed E-state index contributed by atoms with van der Waals surface area (Å²) in [5.41, 5.74) is 2.10. The van der Waals surface area contributed by atoms with Crippen LogP contribution in [-0.2, 0) is 0 Å². The minimum Gasteiger partial charge on any atom is -0.494 e. The van der Waals surface area contributed by atoms with Crippen LogP contribution in [0.5, 0.6) is 5.75 Å². The van der Waals surface area contributed by atoms with E-state index >= 15 is 0 Å². The summed E-state index contributed by atoms with van der Waals surface area (Å²) in [4.78, 5) is 39.0. The molecule has 1 aliphatic rings. The fraction of sp³-hybridized carbons (Fsp3) is 0.0833. The lowest BCUT2D eigenvalue weighted by Crippen LogP contribution is -2.34. The zero-order valence-corrected chi connectivity index (χ0v) is 17.9. The van der Waals surface area contributed by atoms with Crippen LogP contribution in [0.2, 0.25) is 0 Å². The van der Waals surface area contributed by atoms with Crippen molar-refractivity contribution >= 4 is 46.4 Å². The Hall–Kier alpha value is -4.04. The van der Waals surface area contributed by atoms with Crippen molar-refractivity contribution in [2.45, 2.75) is 6.92 Å². The number of rotatable bonds is 5. The second-order valence-corrected chi connectivity index (χ2v) is 7.32. The molecule has 0 aromatic heterocycles. The molecule has 0 saturated carbocycles. The van der Waals surface area contributed by atoms with Crippen molar-refractivity contribution in [3.05, 3.63) is 89.5 Å². The zero-order chi connectivity index (χ0) is 22.7. The highest BCUT2D eigenvalue weighted by atomic mass is 32.1. The molecule has 0 radical (unpaired) electrons. The molecule has 0 atom stereocenters. The first-order chi connectivity index (χ1) is 15.5. The first-order valence-corrected chi connectivity index (χ1v) is 10.3. The van der Waals surface area contributed by atoms with Crippen LogP contribution in [0.15, 0.2) is 72.8 Å². The van der Waals surface area contributed by atoms with Crippen molar-refractivity contribution in [1.82, 2.24) is 5.32 Å². The fourth-order valence-corrected chi connectivity index (χ4v) is 3.56. The lowest BCUT2D eigenvalue weighted by molar-refractivity contribution is 0.0923. The van der Waals surface area contributed by atoms with Gasteiger partial charge in [0.15, 0.2) is 5.11 Å². The van der Waals surface area contributed by atoms with E-state index in [1.807, 2.05) is 6.92 Å². The number of hydrogen-bond donors (Lipinski definition) is 2. The Kier molecular flexibility index (Phi) is 5.96. The normalized spacial score (nSPS) is 12.3. The molecular formula is C24H19N3O4S. The van der Waals surface area contributed by atoms with E-state index in [0.717, 1.165) is 4.90 Å². The summed E-state index contributed by atoms with van der Waals surface area (Å²) in [6.45, 7) is 2.42. The molecule has 1 heterocycles. The Morgan fingerprint density at radius 2 is 1.59 bits per heavy atom. The number of ether oxygens (including phenoxy) is 1. The molecule has 0 spiro atoms. The largest absolute Gasteiger partial charge is 0.494 e. The number of amides is 3. The standard InChI is InChI=1S/C24H19N3O4S/c1-2-31-18-12-10-15(11-13-18)21(28)26-24(32)25-16-6-5-7-17(14-16)27-22(29)19-8-3-4-9-20(19)23(27)30/h3-14H,2H2,1H3,(H2,25,26,28,32). The SMILES string of the molecule is CCOc1ccc(C(=O)NC(=S)Nc2cccc(N3C(=O)c4ccccc4C3=O)c2)cc1. The maximum atomic E-state index is 12.7. The van der Waals surface area contributed by atoms with Crippen LogP contribution in [0.4, 0.5) is 11.4 Å². The predicted octanol–water partition coefficient (Wildman–Crippen LogP) is 4.01. The number of fused-ring (bicyclic) bond motifs is 1. The Morgan fingerprint density at radius 1 is 0.938 bits per heavy atom. The van der Waals surface area contributed by atoms with Gasteiger partial charge in [-0.3, -0.25) is 19.7 Å². The third kappa shape index (κ3) is 4.21. The van der Waals surface area contributed by atoms with Gasteiger partial charge in [-0.1, -0.05) is 18.2 Å². The maximum Gasteiger partial charge on any atom is 0.266 e. The summed E-state index contributed by atoms with van der Waals surface area (Å²) >= 11 is 5.25. The summed E-state index contributed by atoms with van der Waals surface area (Å²) in [7, 11) is 0. The molecular weight excluding hydrogens is 426 g/mol. The van der Waals surface area contributed by atoms with Gasteiger partial charge >= 0.3 is 0 Å². The van der Waals surface area contributed by atoms with Crippen LogP contribution in [0.25, 0.3) is 0 Å². The Balaban J connectivity index is 1.44. The number of nitrogens with one attached hydrogen (secondary N) is 2. The van der Waals surface area contributed by atoms with Crippen LogP contribution in [0, 0.1) is 0 Å². The number of anilines is 2. The average molecular weight is 446 g/mol. The minimum atomic E-state index is -0.380. The first-order valence-electron chi connectivity index (χ1n) is 9.91. The molecule has 2 N–H and O–H groups in total. The van der Waals surface area contributed by atoms with Crippen LogP contribution < -0.4 is 20.3 Å². The third-order valence-corrected chi connectivity index (χ3v) is 5.01. The van der Waals surface area contributed by atoms with E-state index in [-0.39, 0.29) is 22.8 Å². The zero-order valence-electron chi connectivity index (χ0n) is 17.1. The first kappa shape index (κ1) is 21.2. The molecule has 3 amide bonds. The van der Waals surface area contributed by atoms with E-state index in [4.69, 9.17) is 17.0 Å². The van der Waals surface area contributed by atoms with Gasteiger partial charge in [0.25, 0.3) is 17.7 Å². The minimum absolute atomic E-state index is 0.0865. The molecule has 3 aromatic carbocycles. The smallest absolute Gasteiger partial charge is 0.266 e. The molecule has 0 fully saturated rings. The number of carbonyl (C=O) groups is 3. The molecule has 160 valence electrons. The summed E-state index contributed by atoms with van der Waals surface area (Å²) in [6, 6.07) is 20.1. The summed E-state index contributed by atoms with van der Waals surface area (Å²) < 4.78 is 5.37. The number of thiocarbonyl (C=S) groups is 1. The molecule has 3 aromatic rings. The van der Waals surface area contributed by atoms with Crippen molar-refractivity contribution in [1.29, 1.82) is 0 Å². The quantitative estimate of drug-likeness (QED) is 0.456. The Bertz CT molecular complexity index is 1190. The van der Waals surface area contributed by atoms with Gasteiger partial charge in [0.2, 0.25) is 0 Å². The van der Waals surface area contributed by atoms with Gasteiger partial charge in [-0.15, -0.1) is 0 Å². The second kappa shape index (κ2) is 8.99. The van der Waals surface area contributed by atoms with Gasteiger partial charge < -0.3 is 10.1 Å². The molecule has 4 rings (SSSR count). The van der Waals surface area contributed by atoms with Crippen LogP contribution in [0.3, 0.4) is 0 Å². The Morgan fingerprint density at radius 3 is 2.22 bits per heavy atom. The van der Waals surface area contributed by atoms with E-state index in [1.165, 1.54) is 0 Å². The van der Waals surface area contributed by atoms with Crippen LogP contribution in [0.1, 0.15) is 38.0 Å². The summed E-state index contributed by atoms with van der Waals surface area (Å²) in [6.07, 6.45) is 0. The molecule has 1 aliphatic heterocycles. The van der Waals surface area contributed by atoms with Crippen molar-refractivity contribution < 1.29 is 19.1 Å². The average Bonchev–Trinajstić information content (AvgIpc) is 3.05. The van der Waals surface area contributed by atoms with Crippen LogP contribution >= 0.6 is 12.2 Å². The van der Waals surface area contributed by atoms with E-state index in [2.05, 4.69) is 10.6 Å². The van der Waals surface area contributed by atoms with Gasteiger partial charge in [-0.05, 0) is 73.7 Å². The highest BCUT2D eigenvalue weighted by Gasteiger charge is 2.36. The highest BCUT2D eigenvalue weighted by molar-refractivity contribution is 7.80. The molecule has 8 heteroatoms. The van der Waals surface area contributed by atoms with Crippen molar-refractivity contribution in [2.75, 3.05) is 16.8 Å². The Labute approximate surface area is 190 Å². The molecule has 7 nitrogen and oxygen atoms in total. The summed E-state index contributed by atoms with van der Waals surface area (Å²) in [5.74, 6) is -0.458. The number of hydrogen-bond acceptors (Lipinski definition) is 5. The third-order valence-electron chi connectivity index (χ3n) is 4.81.